The number of rotatable bonds is 2. The Hall–Kier alpha value is -1.05. The second-order valence-corrected chi connectivity index (χ2v) is 5.36. The fourth-order valence-corrected chi connectivity index (χ4v) is 3.19. The van der Waals surface area contributed by atoms with E-state index in [9.17, 15) is 14.7 Å². The van der Waals surface area contributed by atoms with Crippen LogP contribution in [0.4, 0.5) is 0 Å². The van der Waals surface area contributed by atoms with E-state index in [0.29, 0.717) is 11.3 Å². The number of aliphatic hydroxyl groups is 2. The molecule has 0 radical (unpaired) electrons. The van der Waals surface area contributed by atoms with E-state index in [1.807, 2.05) is 0 Å². The van der Waals surface area contributed by atoms with Crippen molar-refractivity contribution < 1.29 is 10.2 Å². The zero-order valence-electron chi connectivity index (χ0n) is 9.29. The molecule has 3 N–H and O–H groups in total. The molecular formula is C10H14N2O4S. The minimum atomic E-state index is -0.784. The molecule has 1 aromatic rings. The van der Waals surface area contributed by atoms with Crippen LogP contribution in [0.25, 0.3) is 0 Å². The van der Waals surface area contributed by atoms with E-state index in [-0.39, 0.29) is 11.9 Å². The molecule has 94 valence electrons. The molecule has 1 fully saturated rings. The molecule has 0 unspecified atom stereocenters. The van der Waals surface area contributed by atoms with Crippen molar-refractivity contribution in [1.29, 1.82) is 0 Å². The second-order valence-electron chi connectivity index (χ2n) is 4.09. The highest BCUT2D eigenvalue weighted by molar-refractivity contribution is 8.00. The number of nitrogens with one attached hydrogen (secondary N) is 1. The summed E-state index contributed by atoms with van der Waals surface area (Å²) in [6.45, 7) is 1.48. The number of aromatic amines is 1. The zero-order chi connectivity index (χ0) is 12.6. The normalized spacial score (nSPS) is 28.5. The Morgan fingerprint density at radius 1 is 1.59 bits per heavy atom. The van der Waals surface area contributed by atoms with Gasteiger partial charge in [0.15, 0.2) is 0 Å². The van der Waals surface area contributed by atoms with Crippen LogP contribution in [0.15, 0.2) is 15.8 Å². The van der Waals surface area contributed by atoms with Crippen molar-refractivity contribution in [1.82, 2.24) is 9.55 Å². The van der Waals surface area contributed by atoms with Crippen molar-refractivity contribution >= 4 is 11.8 Å². The third-order valence-electron chi connectivity index (χ3n) is 2.94. The van der Waals surface area contributed by atoms with Gasteiger partial charge in [0, 0.05) is 17.5 Å². The van der Waals surface area contributed by atoms with E-state index < -0.39 is 23.4 Å². The maximum Gasteiger partial charge on any atom is 0.328 e. The number of aliphatic hydroxyl groups excluding tert-OH is 2. The smallest absolute Gasteiger partial charge is 0.328 e. The minimum absolute atomic E-state index is 0.126. The Kier molecular flexibility index (Phi) is 3.41. The molecule has 0 aromatic carbocycles. The van der Waals surface area contributed by atoms with Gasteiger partial charge in [0.2, 0.25) is 0 Å². The SMILES string of the molecule is Cc1cn([C@@H]2CS[C@H](CO)[C@H]2O)c(=O)[nH]c1=O. The summed E-state index contributed by atoms with van der Waals surface area (Å²) in [6, 6.07) is -0.403. The molecule has 1 aromatic heterocycles. The highest BCUT2D eigenvalue weighted by Crippen LogP contribution is 2.33. The van der Waals surface area contributed by atoms with Crippen LogP contribution in [0.5, 0.6) is 0 Å². The van der Waals surface area contributed by atoms with Crippen molar-refractivity contribution in [3.05, 3.63) is 32.6 Å². The van der Waals surface area contributed by atoms with Gasteiger partial charge in [0.05, 0.1) is 24.0 Å². The molecule has 17 heavy (non-hydrogen) atoms. The molecule has 3 atom stereocenters. The predicted octanol–water partition coefficient (Wildman–Crippen LogP) is -1.15. The summed E-state index contributed by atoms with van der Waals surface area (Å²) in [4.78, 5) is 25.1. The average molecular weight is 258 g/mol. The van der Waals surface area contributed by atoms with Gasteiger partial charge < -0.3 is 10.2 Å². The third-order valence-corrected chi connectivity index (χ3v) is 4.33. The first-order valence-electron chi connectivity index (χ1n) is 5.27. The summed E-state index contributed by atoms with van der Waals surface area (Å²) < 4.78 is 1.34. The minimum Gasteiger partial charge on any atom is -0.395 e. The standard InChI is InChI=1S/C10H14N2O4S/c1-5-2-12(10(16)11-9(5)15)6-4-17-7(3-13)8(6)14/h2,6-8,13-14H,3-4H2,1H3,(H,11,15,16)/t6-,7-,8+/m1/s1. The lowest BCUT2D eigenvalue weighted by molar-refractivity contribution is 0.105. The van der Waals surface area contributed by atoms with Gasteiger partial charge in [0.1, 0.15) is 0 Å². The third kappa shape index (κ3) is 2.18. The van der Waals surface area contributed by atoms with Gasteiger partial charge in [0.25, 0.3) is 5.56 Å². The van der Waals surface area contributed by atoms with Gasteiger partial charge in [-0.15, -0.1) is 0 Å². The van der Waals surface area contributed by atoms with Crippen LogP contribution in [0, 0.1) is 6.92 Å². The fraction of sp³-hybridized carbons (Fsp3) is 0.600. The van der Waals surface area contributed by atoms with E-state index in [1.54, 1.807) is 6.92 Å². The molecule has 0 amide bonds. The fourth-order valence-electron chi connectivity index (χ4n) is 1.91. The van der Waals surface area contributed by atoms with Crippen LogP contribution in [-0.2, 0) is 0 Å². The van der Waals surface area contributed by atoms with Gasteiger partial charge >= 0.3 is 5.69 Å². The van der Waals surface area contributed by atoms with Crippen LogP contribution in [0.3, 0.4) is 0 Å². The van der Waals surface area contributed by atoms with E-state index in [4.69, 9.17) is 5.11 Å². The van der Waals surface area contributed by atoms with Crippen molar-refractivity contribution in [3.8, 4) is 0 Å². The number of hydrogen-bond acceptors (Lipinski definition) is 5. The highest BCUT2D eigenvalue weighted by Gasteiger charge is 2.36. The van der Waals surface area contributed by atoms with Gasteiger partial charge in [-0.3, -0.25) is 14.3 Å². The molecular weight excluding hydrogens is 244 g/mol. The largest absolute Gasteiger partial charge is 0.395 e. The van der Waals surface area contributed by atoms with Crippen molar-refractivity contribution in [3.63, 3.8) is 0 Å². The number of aromatic nitrogens is 2. The Morgan fingerprint density at radius 2 is 2.29 bits per heavy atom. The molecule has 0 bridgehead atoms. The first kappa shape index (κ1) is 12.4. The van der Waals surface area contributed by atoms with Gasteiger partial charge in [-0.1, -0.05) is 0 Å². The summed E-state index contributed by atoms with van der Waals surface area (Å²) in [7, 11) is 0. The predicted molar refractivity (Wildman–Crippen MR) is 64.4 cm³/mol. The van der Waals surface area contributed by atoms with Crippen molar-refractivity contribution in [2.24, 2.45) is 0 Å². The summed E-state index contributed by atoms with van der Waals surface area (Å²) in [6.07, 6.45) is 0.669. The molecule has 0 spiro atoms. The maximum atomic E-state index is 11.6. The van der Waals surface area contributed by atoms with E-state index in [0.717, 1.165) is 0 Å². The molecule has 2 rings (SSSR count). The lowest BCUT2D eigenvalue weighted by Gasteiger charge is -2.19. The lowest BCUT2D eigenvalue weighted by Crippen LogP contribution is -2.39. The first-order chi connectivity index (χ1) is 8.04. The average Bonchev–Trinajstić information content (AvgIpc) is 2.65. The van der Waals surface area contributed by atoms with Gasteiger partial charge in [-0.2, -0.15) is 11.8 Å². The summed E-state index contributed by atoms with van der Waals surface area (Å²) in [5.41, 5.74) is -0.511. The highest BCUT2D eigenvalue weighted by atomic mass is 32.2. The monoisotopic (exact) mass is 258 g/mol. The van der Waals surface area contributed by atoms with Crippen LogP contribution in [-0.4, -0.2) is 43.5 Å². The Bertz CT molecular complexity index is 524. The maximum absolute atomic E-state index is 11.6. The summed E-state index contributed by atoms with van der Waals surface area (Å²) >= 11 is 1.42. The second kappa shape index (κ2) is 4.67. The zero-order valence-corrected chi connectivity index (χ0v) is 10.1. The van der Waals surface area contributed by atoms with Crippen LogP contribution in [0.1, 0.15) is 11.6 Å². The summed E-state index contributed by atoms with van der Waals surface area (Å²) in [5.74, 6) is 0.539. The van der Waals surface area contributed by atoms with Gasteiger partial charge in [-0.25, -0.2) is 4.79 Å². The quantitative estimate of drug-likeness (QED) is 0.623. The van der Waals surface area contributed by atoms with Crippen molar-refractivity contribution in [2.75, 3.05) is 12.4 Å². The van der Waals surface area contributed by atoms with Crippen LogP contribution in [0.2, 0.25) is 0 Å². The molecule has 0 aliphatic carbocycles. The Labute approximate surface area is 101 Å². The lowest BCUT2D eigenvalue weighted by atomic mass is 10.1. The topological polar surface area (TPSA) is 95.3 Å². The molecule has 1 aliphatic rings. The number of aryl methyl sites for hydroxylation is 1. The van der Waals surface area contributed by atoms with Crippen molar-refractivity contribution in [2.45, 2.75) is 24.3 Å². The number of H-pyrrole nitrogens is 1. The molecule has 7 heteroatoms. The van der Waals surface area contributed by atoms with Crippen LogP contribution >= 0.6 is 11.8 Å². The molecule has 6 nitrogen and oxygen atoms in total. The first-order valence-corrected chi connectivity index (χ1v) is 6.32. The van der Waals surface area contributed by atoms with Gasteiger partial charge in [-0.05, 0) is 6.92 Å². The molecule has 1 saturated heterocycles. The van der Waals surface area contributed by atoms with E-state index >= 15 is 0 Å². The molecule has 1 aliphatic heterocycles. The van der Waals surface area contributed by atoms with E-state index in [1.165, 1.54) is 22.5 Å². The summed E-state index contributed by atoms with van der Waals surface area (Å²) in [5, 5.41) is 18.7. The Balaban J connectivity index is 2.39. The number of thioether (sulfide) groups is 1. The number of hydrogen-bond donors (Lipinski definition) is 3. The Morgan fingerprint density at radius 3 is 2.88 bits per heavy atom. The van der Waals surface area contributed by atoms with E-state index in [2.05, 4.69) is 4.98 Å². The van der Waals surface area contributed by atoms with Crippen LogP contribution < -0.4 is 11.2 Å². The number of nitrogens with zero attached hydrogens (tertiary/aromatic N) is 1. The molecule has 2 heterocycles. The molecule has 0 saturated carbocycles.